The number of aryl methyl sites for hydroxylation is 2. The zero-order valence-electron chi connectivity index (χ0n) is 11.5. The van der Waals surface area contributed by atoms with Gasteiger partial charge >= 0.3 is 0 Å². The number of aromatic nitrogens is 3. The molecule has 7 nitrogen and oxygen atoms in total. The van der Waals surface area contributed by atoms with Gasteiger partial charge in [-0.3, -0.25) is 9.48 Å². The van der Waals surface area contributed by atoms with Crippen molar-refractivity contribution in [1.29, 1.82) is 5.26 Å². The van der Waals surface area contributed by atoms with Crippen LogP contribution in [0.15, 0.2) is 16.8 Å². The van der Waals surface area contributed by atoms with Gasteiger partial charge in [-0.15, -0.1) is 0 Å². The zero-order chi connectivity index (χ0) is 14.7. The van der Waals surface area contributed by atoms with Gasteiger partial charge in [0, 0.05) is 25.2 Å². The smallest absolute Gasteiger partial charge is 0.243 e. The molecule has 1 amide bonds. The molecule has 0 aromatic carbocycles. The Labute approximate surface area is 116 Å². The monoisotopic (exact) mass is 273 g/mol. The van der Waals surface area contributed by atoms with Gasteiger partial charge in [0.15, 0.2) is 5.82 Å². The largest absolute Gasteiger partial charge is 0.360 e. The molecule has 2 aromatic heterocycles. The van der Waals surface area contributed by atoms with Gasteiger partial charge in [-0.25, -0.2) is 0 Å². The fraction of sp³-hybridized carbons (Fsp3) is 0.385. The molecule has 0 spiro atoms. The summed E-state index contributed by atoms with van der Waals surface area (Å²) >= 11 is 0. The molecule has 104 valence electrons. The SMILES string of the molecule is Cc1cc(NC(=O)[C@@H](C#N)Cc2cnn(C)c2C)no1. The molecule has 0 saturated carbocycles. The summed E-state index contributed by atoms with van der Waals surface area (Å²) in [5.74, 6) is -0.286. The van der Waals surface area contributed by atoms with Crippen LogP contribution in [0.25, 0.3) is 0 Å². The van der Waals surface area contributed by atoms with Crippen LogP contribution in [0.3, 0.4) is 0 Å². The number of carbonyl (C=O) groups is 1. The first-order valence-corrected chi connectivity index (χ1v) is 6.12. The molecule has 0 saturated heterocycles. The molecule has 2 heterocycles. The maximum absolute atomic E-state index is 12.0. The summed E-state index contributed by atoms with van der Waals surface area (Å²) in [4.78, 5) is 12.0. The minimum absolute atomic E-state index is 0.315. The minimum Gasteiger partial charge on any atom is -0.360 e. The van der Waals surface area contributed by atoms with Gasteiger partial charge in [0.05, 0.1) is 12.3 Å². The van der Waals surface area contributed by atoms with E-state index in [4.69, 9.17) is 9.78 Å². The second kappa shape index (κ2) is 5.57. The Morgan fingerprint density at radius 3 is 2.85 bits per heavy atom. The molecule has 1 atom stereocenters. The van der Waals surface area contributed by atoms with Crippen molar-refractivity contribution in [3.63, 3.8) is 0 Å². The van der Waals surface area contributed by atoms with Crippen LogP contribution in [0.2, 0.25) is 0 Å². The lowest BCUT2D eigenvalue weighted by molar-refractivity contribution is -0.118. The lowest BCUT2D eigenvalue weighted by Gasteiger charge is -2.08. The molecule has 7 heteroatoms. The topological polar surface area (TPSA) is 96.7 Å². The van der Waals surface area contributed by atoms with Crippen LogP contribution in [-0.4, -0.2) is 20.8 Å². The Morgan fingerprint density at radius 2 is 2.35 bits per heavy atom. The van der Waals surface area contributed by atoms with Crippen molar-refractivity contribution in [2.24, 2.45) is 13.0 Å². The molecule has 2 aromatic rings. The predicted molar refractivity (Wildman–Crippen MR) is 70.6 cm³/mol. The molecule has 0 fully saturated rings. The van der Waals surface area contributed by atoms with Crippen molar-refractivity contribution in [3.8, 4) is 6.07 Å². The standard InChI is InChI=1S/C13H15N5O2/c1-8-4-12(17-20-8)16-13(19)10(6-14)5-11-7-15-18(3)9(11)2/h4,7,10H,5H2,1-3H3,(H,16,17,19)/t10-/m1/s1. The quantitative estimate of drug-likeness (QED) is 0.906. The number of nitrogens with zero attached hydrogens (tertiary/aromatic N) is 4. The lowest BCUT2D eigenvalue weighted by Crippen LogP contribution is -2.23. The highest BCUT2D eigenvalue weighted by atomic mass is 16.5. The Hall–Kier alpha value is -2.62. The highest BCUT2D eigenvalue weighted by Crippen LogP contribution is 2.15. The van der Waals surface area contributed by atoms with Crippen LogP contribution >= 0.6 is 0 Å². The molecule has 0 aliphatic carbocycles. The molecule has 1 N–H and O–H groups in total. The third-order valence-electron chi connectivity index (χ3n) is 3.11. The van der Waals surface area contributed by atoms with E-state index < -0.39 is 11.8 Å². The van der Waals surface area contributed by atoms with E-state index in [0.717, 1.165) is 11.3 Å². The summed E-state index contributed by atoms with van der Waals surface area (Å²) in [7, 11) is 1.82. The van der Waals surface area contributed by atoms with Gasteiger partial charge in [-0.05, 0) is 19.4 Å². The van der Waals surface area contributed by atoms with Crippen molar-refractivity contribution < 1.29 is 9.32 Å². The van der Waals surface area contributed by atoms with E-state index in [1.54, 1.807) is 23.9 Å². The summed E-state index contributed by atoms with van der Waals surface area (Å²) in [5, 5.41) is 19.5. The molecule has 0 aliphatic heterocycles. The summed E-state index contributed by atoms with van der Waals surface area (Å²) in [6, 6.07) is 3.61. The van der Waals surface area contributed by atoms with Crippen LogP contribution in [0.4, 0.5) is 5.82 Å². The molecule has 2 rings (SSSR count). The number of hydrogen-bond donors (Lipinski definition) is 1. The molecular formula is C13H15N5O2. The van der Waals surface area contributed by atoms with Crippen LogP contribution in [0.5, 0.6) is 0 Å². The van der Waals surface area contributed by atoms with Crippen LogP contribution in [-0.2, 0) is 18.3 Å². The molecule has 20 heavy (non-hydrogen) atoms. The second-order valence-electron chi connectivity index (χ2n) is 4.58. The van der Waals surface area contributed by atoms with Crippen molar-refractivity contribution in [3.05, 3.63) is 29.3 Å². The van der Waals surface area contributed by atoms with E-state index in [2.05, 4.69) is 15.6 Å². The van der Waals surface area contributed by atoms with E-state index in [0.29, 0.717) is 18.0 Å². The predicted octanol–water partition coefficient (Wildman–Crippen LogP) is 1.35. The fourth-order valence-corrected chi connectivity index (χ4v) is 1.80. The summed E-state index contributed by atoms with van der Waals surface area (Å²) in [6.45, 7) is 3.62. The molecule has 0 aliphatic rings. The van der Waals surface area contributed by atoms with E-state index in [-0.39, 0.29) is 0 Å². The van der Waals surface area contributed by atoms with Crippen molar-refractivity contribution in [2.45, 2.75) is 20.3 Å². The average Bonchev–Trinajstić information content (AvgIpc) is 2.95. The number of amides is 1. The lowest BCUT2D eigenvalue weighted by atomic mass is 10.0. The van der Waals surface area contributed by atoms with Gasteiger partial charge in [0.25, 0.3) is 0 Å². The fourth-order valence-electron chi connectivity index (χ4n) is 1.80. The third-order valence-corrected chi connectivity index (χ3v) is 3.11. The Bertz CT molecular complexity index is 665. The van der Waals surface area contributed by atoms with Gasteiger partial charge < -0.3 is 9.84 Å². The van der Waals surface area contributed by atoms with Gasteiger partial charge in [-0.1, -0.05) is 5.16 Å². The highest BCUT2D eigenvalue weighted by Gasteiger charge is 2.21. The first-order chi connectivity index (χ1) is 9.51. The molecular weight excluding hydrogens is 258 g/mol. The second-order valence-corrected chi connectivity index (χ2v) is 4.58. The minimum atomic E-state index is -0.796. The van der Waals surface area contributed by atoms with Gasteiger partial charge in [-0.2, -0.15) is 10.4 Å². The van der Waals surface area contributed by atoms with Crippen LogP contribution in [0.1, 0.15) is 17.0 Å². The van der Waals surface area contributed by atoms with E-state index in [1.165, 1.54) is 0 Å². The normalized spacial score (nSPS) is 11.9. The first-order valence-electron chi connectivity index (χ1n) is 6.12. The zero-order valence-corrected chi connectivity index (χ0v) is 11.5. The highest BCUT2D eigenvalue weighted by molar-refractivity contribution is 5.93. The summed E-state index contributed by atoms with van der Waals surface area (Å²) in [6.07, 6.45) is 1.99. The van der Waals surface area contributed by atoms with Crippen molar-refractivity contribution >= 4 is 11.7 Å². The molecule has 0 radical (unpaired) electrons. The number of nitriles is 1. The summed E-state index contributed by atoms with van der Waals surface area (Å²) < 4.78 is 6.57. The average molecular weight is 273 g/mol. The number of hydrogen-bond acceptors (Lipinski definition) is 5. The number of nitrogens with one attached hydrogen (secondary N) is 1. The van der Waals surface area contributed by atoms with Crippen LogP contribution in [0, 0.1) is 31.1 Å². The Balaban J connectivity index is 2.07. The van der Waals surface area contributed by atoms with E-state index >= 15 is 0 Å². The maximum Gasteiger partial charge on any atom is 0.243 e. The van der Waals surface area contributed by atoms with Crippen molar-refractivity contribution in [1.82, 2.24) is 14.9 Å². The Kier molecular flexibility index (Phi) is 3.84. The number of anilines is 1. The molecule has 0 bridgehead atoms. The third kappa shape index (κ3) is 2.85. The van der Waals surface area contributed by atoms with E-state index in [1.807, 2.05) is 20.0 Å². The first kappa shape index (κ1) is 13.8. The number of carbonyl (C=O) groups excluding carboxylic acids is 1. The number of rotatable bonds is 4. The van der Waals surface area contributed by atoms with Crippen LogP contribution < -0.4 is 5.32 Å². The van der Waals surface area contributed by atoms with Gasteiger partial charge in [0.1, 0.15) is 11.7 Å². The van der Waals surface area contributed by atoms with E-state index in [9.17, 15) is 4.79 Å². The maximum atomic E-state index is 12.0. The summed E-state index contributed by atoms with van der Waals surface area (Å²) in [5.41, 5.74) is 1.82. The van der Waals surface area contributed by atoms with Gasteiger partial charge in [0.2, 0.25) is 5.91 Å². The van der Waals surface area contributed by atoms with Crippen molar-refractivity contribution in [2.75, 3.05) is 5.32 Å². The molecule has 0 unspecified atom stereocenters. The Morgan fingerprint density at radius 1 is 1.60 bits per heavy atom.